The molecule has 0 saturated carbocycles. The Balaban J connectivity index is 2.63. The van der Waals surface area contributed by atoms with E-state index in [1.54, 1.807) is 0 Å². The summed E-state index contributed by atoms with van der Waals surface area (Å²) < 4.78 is 0. The zero-order chi connectivity index (χ0) is 11.0. The van der Waals surface area contributed by atoms with E-state index in [4.69, 9.17) is 0 Å². The number of fused-ring (bicyclic) bond motifs is 1. The molecule has 0 aliphatic carbocycles. The number of benzene rings is 1. The van der Waals surface area contributed by atoms with Gasteiger partial charge in [0.05, 0.1) is 5.69 Å². The number of nitrogens with one attached hydrogen (secondary N) is 1. The fourth-order valence-corrected chi connectivity index (χ4v) is 1.97. The first-order valence-electron chi connectivity index (χ1n) is 5.41. The molecule has 0 atom stereocenters. The number of rotatable bonds is 2. The van der Waals surface area contributed by atoms with Gasteiger partial charge in [0, 0.05) is 29.7 Å². The van der Waals surface area contributed by atoms with Gasteiger partial charge in [-0.25, -0.2) is 0 Å². The van der Waals surface area contributed by atoms with E-state index >= 15 is 0 Å². The molecule has 2 heteroatoms. The molecule has 0 radical (unpaired) electrons. The molecule has 0 saturated heterocycles. The lowest BCUT2D eigenvalue weighted by Gasteiger charge is -2.24. The van der Waals surface area contributed by atoms with E-state index in [1.165, 1.54) is 22.3 Å². The standard InChI is InChI=1S/C13H18N2/c1-9(2)15(4)13-10(3)14-12-8-6-5-7-11(12)13/h5-9,14H,1-4H3. The molecule has 1 N–H and O–H groups in total. The Labute approximate surface area is 90.9 Å². The van der Waals surface area contributed by atoms with Gasteiger partial charge < -0.3 is 9.88 Å². The molecule has 2 nitrogen and oxygen atoms in total. The Hall–Kier alpha value is -1.44. The first-order valence-corrected chi connectivity index (χ1v) is 5.41. The van der Waals surface area contributed by atoms with Crippen LogP contribution in [0.3, 0.4) is 0 Å². The van der Waals surface area contributed by atoms with Crippen molar-refractivity contribution in [2.24, 2.45) is 0 Å². The van der Waals surface area contributed by atoms with Crippen LogP contribution in [-0.2, 0) is 0 Å². The molecule has 0 aliphatic heterocycles. The highest BCUT2D eigenvalue weighted by molar-refractivity contribution is 5.94. The number of hydrogen-bond acceptors (Lipinski definition) is 1. The van der Waals surface area contributed by atoms with Gasteiger partial charge in [0.25, 0.3) is 0 Å². The molecule has 0 spiro atoms. The highest BCUT2D eigenvalue weighted by Crippen LogP contribution is 2.30. The van der Waals surface area contributed by atoms with E-state index in [-0.39, 0.29) is 0 Å². The lowest BCUT2D eigenvalue weighted by Crippen LogP contribution is -2.25. The normalized spacial score (nSPS) is 11.3. The van der Waals surface area contributed by atoms with Crippen LogP contribution in [0, 0.1) is 6.92 Å². The predicted molar refractivity (Wildman–Crippen MR) is 66.6 cm³/mol. The van der Waals surface area contributed by atoms with Gasteiger partial charge in [0.2, 0.25) is 0 Å². The maximum absolute atomic E-state index is 3.42. The summed E-state index contributed by atoms with van der Waals surface area (Å²) in [6.45, 7) is 6.55. The van der Waals surface area contributed by atoms with Crippen molar-refractivity contribution in [3.05, 3.63) is 30.0 Å². The number of anilines is 1. The monoisotopic (exact) mass is 202 g/mol. The predicted octanol–water partition coefficient (Wildman–Crippen LogP) is 3.32. The molecular weight excluding hydrogens is 184 g/mol. The largest absolute Gasteiger partial charge is 0.370 e. The van der Waals surface area contributed by atoms with Crippen molar-refractivity contribution in [1.29, 1.82) is 0 Å². The Kier molecular flexibility index (Phi) is 2.43. The third-order valence-corrected chi connectivity index (χ3v) is 2.99. The van der Waals surface area contributed by atoms with Gasteiger partial charge in [-0.2, -0.15) is 0 Å². The summed E-state index contributed by atoms with van der Waals surface area (Å²) in [4.78, 5) is 5.73. The molecule has 0 amide bonds. The van der Waals surface area contributed by atoms with Gasteiger partial charge in [-0.05, 0) is 26.8 Å². The number of H-pyrrole nitrogens is 1. The van der Waals surface area contributed by atoms with Crippen molar-refractivity contribution in [1.82, 2.24) is 4.98 Å². The highest BCUT2D eigenvalue weighted by atomic mass is 15.1. The number of aromatic nitrogens is 1. The fraction of sp³-hybridized carbons (Fsp3) is 0.385. The minimum atomic E-state index is 0.517. The Morgan fingerprint density at radius 2 is 1.87 bits per heavy atom. The van der Waals surface area contributed by atoms with Gasteiger partial charge in [0.15, 0.2) is 0 Å². The van der Waals surface area contributed by atoms with E-state index in [9.17, 15) is 0 Å². The summed E-state index contributed by atoms with van der Waals surface area (Å²) in [6.07, 6.45) is 0. The molecule has 0 bridgehead atoms. The molecule has 15 heavy (non-hydrogen) atoms. The minimum absolute atomic E-state index is 0.517. The average molecular weight is 202 g/mol. The molecule has 1 heterocycles. The quantitative estimate of drug-likeness (QED) is 0.791. The molecule has 1 aromatic heterocycles. The van der Waals surface area contributed by atoms with E-state index in [0.29, 0.717) is 6.04 Å². The summed E-state index contributed by atoms with van der Waals surface area (Å²) in [7, 11) is 2.15. The van der Waals surface area contributed by atoms with Crippen LogP contribution < -0.4 is 4.90 Å². The van der Waals surface area contributed by atoms with Crippen molar-refractivity contribution >= 4 is 16.6 Å². The van der Waals surface area contributed by atoms with Gasteiger partial charge in [-0.1, -0.05) is 18.2 Å². The number of hydrogen-bond donors (Lipinski definition) is 1. The van der Waals surface area contributed by atoms with Crippen LogP contribution >= 0.6 is 0 Å². The second-order valence-corrected chi connectivity index (χ2v) is 4.35. The lowest BCUT2D eigenvalue weighted by molar-refractivity contribution is 0.754. The zero-order valence-electron chi connectivity index (χ0n) is 9.83. The highest BCUT2D eigenvalue weighted by Gasteiger charge is 2.13. The van der Waals surface area contributed by atoms with E-state index in [0.717, 1.165) is 0 Å². The Morgan fingerprint density at radius 3 is 2.53 bits per heavy atom. The van der Waals surface area contributed by atoms with Crippen LogP contribution in [0.25, 0.3) is 10.9 Å². The molecule has 80 valence electrons. The van der Waals surface area contributed by atoms with Crippen LogP contribution in [0.4, 0.5) is 5.69 Å². The maximum atomic E-state index is 3.42. The Morgan fingerprint density at radius 1 is 1.20 bits per heavy atom. The second-order valence-electron chi connectivity index (χ2n) is 4.35. The van der Waals surface area contributed by atoms with Gasteiger partial charge in [0.1, 0.15) is 0 Å². The first-order chi connectivity index (χ1) is 7.11. The number of nitrogens with zero attached hydrogens (tertiary/aromatic N) is 1. The fourth-order valence-electron chi connectivity index (χ4n) is 1.97. The molecule has 1 aromatic carbocycles. The van der Waals surface area contributed by atoms with E-state index < -0.39 is 0 Å². The van der Waals surface area contributed by atoms with Crippen LogP contribution in [0.1, 0.15) is 19.5 Å². The topological polar surface area (TPSA) is 19.0 Å². The lowest BCUT2D eigenvalue weighted by atomic mass is 10.2. The maximum Gasteiger partial charge on any atom is 0.0653 e. The molecular formula is C13H18N2. The zero-order valence-corrected chi connectivity index (χ0v) is 9.83. The van der Waals surface area contributed by atoms with Gasteiger partial charge in [-0.3, -0.25) is 0 Å². The van der Waals surface area contributed by atoms with Gasteiger partial charge >= 0.3 is 0 Å². The van der Waals surface area contributed by atoms with E-state index in [2.05, 4.69) is 62.0 Å². The van der Waals surface area contributed by atoms with Crippen molar-refractivity contribution in [2.75, 3.05) is 11.9 Å². The summed E-state index contributed by atoms with van der Waals surface area (Å²) in [5.41, 5.74) is 3.78. The third-order valence-electron chi connectivity index (χ3n) is 2.99. The molecule has 2 aromatic rings. The van der Waals surface area contributed by atoms with Crippen LogP contribution in [0.2, 0.25) is 0 Å². The summed E-state index contributed by atoms with van der Waals surface area (Å²) in [5.74, 6) is 0. The van der Waals surface area contributed by atoms with Gasteiger partial charge in [-0.15, -0.1) is 0 Å². The van der Waals surface area contributed by atoms with Crippen molar-refractivity contribution < 1.29 is 0 Å². The minimum Gasteiger partial charge on any atom is -0.370 e. The number of para-hydroxylation sites is 1. The number of aromatic amines is 1. The Bertz CT molecular complexity index is 468. The molecule has 0 aliphatic rings. The molecule has 0 fully saturated rings. The molecule has 0 unspecified atom stereocenters. The SMILES string of the molecule is Cc1[nH]c2ccccc2c1N(C)C(C)C. The van der Waals surface area contributed by atoms with Crippen LogP contribution in [-0.4, -0.2) is 18.1 Å². The summed E-state index contributed by atoms with van der Waals surface area (Å²) in [6, 6.07) is 8.97. The first kappa shape index (κ1) is 10.1. The van der Waals surface area contributed by atoms with Crippen molar-refractivity contribution in [3.63, 3.8) is 0 Å². The second kappa shape index (κ2) is 3.61. The van der Waals surface area contributed by atoms with Crippen LogP contribution in [0.5, 0.6) is 0 Å². The molecule has 2 rings (SSSR count). The number of aryl methyl sites for hydroxylation is 1. The summed E-state index contributed by atoms with van der Waals surface area (Å²) >= 11 is 0. The van der Waals surface area contributed by atoms with Crippen molar-refractivity contribution in [2.45, 2.75) is 26.8 Å². The average Bonchev–Trinajstić information content (AvgIpc) is 2.52. The third kappa shape index (κ3) is 1.60. The van der Waals surface area contributed by atoms with Crippen LogP contribution in [0.15, 0.2) is 24.3 Å². The smallest absolute Gasteiger partial charge is 0.0653 e. The van der Waals surface area contributed by atoms with Crippen molar-refractivity contribution in [3.8, 4) is 0 Å². The van der Waals surface area contributed by atoms with E-state index in [1.807, 2.05) is 0 Å². The summed E-state index contributed by atoms with van der Waals surface area (Å²) in [5, 5.41) is 1.31.